The van der Waals surface area contributed by atoms with Crippen LogP contribution in [0.25, 0.3) is 6.08 Å². The van der Waals surface area contributed by atoms with Gasteiger partial charge in [0, 0.05) is 13.1 Å². The Morgan fingerprint density at radius 3 is 2.50 bits per heavy atom. The van der Waals surface area contributed by atoms with Crippen LogP contribution >= 0.6 is 0 Å². The minimum Gasteiger partial charge on any atom is -0.493 e. The third kappa shape index (κ3) is 4.69. The topological polar surface area (TPSA) is 57.2 Å². The molecule has 2 heterocycles. The Labute approximate surface area is 212 Å². The predicted octanol–water partition coefficient (Wildman–Crippen LogP) is 5.84. The van der Waals surface area contributed by atoms with E-state index >= 15 is 0 Å². The van der Waals surface area contributed by atoms with Gasteiger partial charge in [-0.15, -0.1) is 0 Å². The van der Waals surface area contributed by atoms with Crippen molar-refractivity contribution in [2.24, 2.45) is 0 Å². The molecule has 3 aromatic carbocycles. The number of benzene rings is 3. The molecule has 3 aromatic rings. The van der Waals surface area contributed by atoms with Crippen molar-refractivity contribution in [3.8, 4) is 23.0 Å². The summed E-state index contributed by atoms with van der Waals surface area (Å²) in [6.45, 7) is 6.25. The van der Waals surface area contributed by atoms with Gasteiger partial charge in [0.2, 0.25) is 5.78 Å². The first-order valence-electron chi connectivity index (χ1n) is 12.2. The number of rotatable bonds is 7. The molecule has 0 unspecified atom stereocenters. The Morgan fingerprint density at radius 2 is 1.78 bits per heavy atom. The number of hydrogen-bond donors (Lipinski definition) is 0. The molecular formula is C30H31NO5. The normalized spacial score (nSPS) is 15.9. The molecule has 6 nitrogen and oxygen atoms in total. The summed E-state index contributed by atoms with van der Waals surface area (Å²) in [5.74, 6) is 3.53. The van der Waals surface area contributed by atoms with E-state index in [-0.39, 0.29) is 5.78 Å². The van der Waals surface area contributed by atoms with E-state index in [0.29, 0.717) is 42.0 Å². The quantitative estimate of drug-likeness (QED) is 0.392. The highest BCUT2D eigenvalue weighted by molar-refractivity contribution is 6.15. The van der Waals surface area contributed by atoms with Crippen LogP contribution in [0.4, 0.5) is 0 Å². The number of hydrogen-bond acceptors (Lipinski definition) is 6. The van der Waals surface area contributed by atoms with E-state index < -0.39 is 0 Å². The summed E-state index contributed by atoms with van der Waals surface area (Å²) < 4.78 is 22.9. The van der Waals surface area contributed by atoms with Gasteiger partial charge in [-0.25, -0.2) is 0 Å². The summed E-state index contributed by atoms with van der Waals surface area (Å²) in [6, 6.07) is 17.9. The first kappa shape index (κ1) is 23.9. The van der Waals surface area contributed by atoms with Crippen molar-refractivity contribution in [3.05, 3.63) is 88.2 Å². The fraction of sp³-hybridized carbons (Fsp3) is 0.300. The number of allylic oxidation sites excluding steroid dienone is 1. The standard InChI is InChI=1S/C30H31NO5/c1-19(2)22-8-5-20(6-9-22)16-28-29(32)23-10-12-25-24(30(23)36-28)17-31(18-35-25)14-13-21-7-11-26(33-3)27(15-21)34-4/h5-12,15-16,19H,13-14,17-18H2,1-4H3/b28-16-. The van der Waals surface area contributed by atoms with Gasteiger partial charge >= 0.3 is 0 Å². The Balaban J connectivity index is 1.31. The summed E-state index contributed by atoms with van der Waals surface area (Å²) in [5.41, 5.74) is 4.86. The second-order valence-corrected chi connectivity index (χ2v) is 9.45. The Kier molecular flexibility index (Phi) is 6.70. The summed E-state index contributed by atoms with van der Waals surface area (Å²) in [6.07, 6.45) is 2.64. The largest absolute Gasteiger partial charge is 0.493 e. The Bertz CT molecular complexity index is 1310. The van der Waals surface area contributed by atoms with Gasteiger partial charge in [0.25, 0.3) is 0 Å². The molecule has 2 aliphatic rings. The van der Waals surface area contributed by atoms with Gasteiger partial charge in [0.05, 0.1) is 25.3 Å². The molecule has 6 heteroatoms. The molecule has 2 aliphatic heterocycles. The fourth-order valence-electron chi connectivity index (χ4n) is 4.60. The van der Waals surface area contributed by atoms with E-state index in [1.54, 1.807) is 20.3 Å². The highest BCUT2D eigenvalue weighted by Crippen LogP contribution is 2.42. The smallest absolute Gasteiger partial charge is 0.231 e. The SMILES string of the molecule is COc1ccc(CCN2COc3ccc4c(c3C2)O/C(=C\c2ccc(C(C)C)cc2)C4=O)cc1OC. The molecule has 186 valence electrons. The zero-order valence-electron chi connectivity index (χ0n) is 21.2. The van der Waals surface area contributed by atoms with Crippen LogP contribution < -0.4 is 18.9 Å². The van der Waals surface area contributed by atoms with Crippen LogP contribution in [-0.4, -0.2) is 38.2 Å². The van der Waals surface area contributed by atoms with Gasteiger partial charge in [-0.1, -0.05) is 44.2 Å². The maximum Gasteiger partial charge on any atom is 0.231 e. The summed E-state index contributed by atoms with van der Waals surface area (Å²) in [5, 5.41) is 0. The molecule has 0 aliphatic carbocycles. The molecule has 0 atom stereocenters. The summed E-state index contributed by atoms with van der Waals surface area (Å²) in [4.78, 5) is 15.3. The molecule has 0 spiro atoms. The number of carbonyl (C=O) groups excluding carboxylic acids is 1. The lowest BCUT2D eigenvalue weighted by atomic mass is 10.0. The molecule has 5 rings (SSSR count). The van der Waals surface area contributed by atoms with Crippen molar-refractivity contribution < 1.29 is 23.7 Å². The van der Waals surface area contributed by atoms with Crippen molar-refractivity contribution in [2.75, 3.05) is 27.5 Å². The lowest BCUT2D eigenvalue weighted by Crippen LogP contribution is -2.33. The van der Waals surface area contributed by atoms with E-state index in [9.17, 15) is 4.79 Å². The van der Waals surface area contributed by atoms with E-state index in [2.05, 4.69) is 30.9 Å². The molecule has 0 radical (unpaired) electrons. The Morgan fingerprint density at radius 1 is 1.00 bits per heavy atom. The van der Waals surface area contributed by atoms with E-state index in [0.717, 1.165) is 41.2 Å². The van der Waals surface area contributed by atoms with Crippen molar-refractivity contribution in [1.29, 1.82) is 0 Å². The summed E-state index contributed by atoms with van der Waals surface area (Å²) >= 11 is 0. The highest BCUT2D eigenvalue weighted by Gasteiger charge is 2.33. The molecule has 0 saturated carbocycles. The number of ether oxygens (including phenoxy) is 4. The molecule has 0 saturated heterocycles. The van der Waals surface area contributed by atoms with Crippen LogP contribution in [0.2, 0.25) is 0 Å². The van der Waals surface area contributed by atoms with E-state index in [4.69, 9.17) is 18.9 Å². The van der Waals surface area contributed by atoms with Crippen molar-refractivity contribution >= 4 is 11.9 Å². The van der Waals surface area contributed by atoms with Gasteiger partial charge in [-0.2, -0.15) is 0 Å². The van der Waals surface area contributed by atoms with Crippen LogP contribution in [0, 0.1) is 0 Å². The average Bonchev–Trinajstić information content (AvgIpc) is 3.22. The molecule has 0 aromatic heterocycles. The predicted molar refractivity (Wildman–Crippen MR) is 139 cm³/mol. The van der Waals surface area contributed by atoms with Gasteiger partial charge < -0.3 is 18.9 Å². The van der Waals surface area contributed by atoms with Gasteiger partial charge in [-0.05, 0) is 59.4 Å². The zero-order valence-corrected chi connectivity index (χ0v) is 21.2. The number of Topliss-reactive ketones (excluding diaryl/α,β-unsaturated/α-hetero) is 1. The van der Waals surface area contributed by atoms with Crippen LogP contribution in [-0.2, 0) is 13.0 Å². The molecule has 0 amide bonds. The van der Waals surface area contributed by atoms with Crippen molar-refractivity contribution in [3.63, 3.8) is 0 Å². The van der Waals surface area contributed by atoms with Gasteiger partial charge in [-0.3, -0.25) is 9.69 Å². The average molecular weight is 486 g/mol. The third-order valence-corrected chi connectivity index (χ3v) is 6.75. The van der Waals surface area contributed by atoms with Crippen molar-refractivity contribution in [1.82, 2.24) is 4.90 Å². The molecule has 0 N–H and O–H groups in total. The van der Waals surface area contributed by atoms with Gasteiger partial charge in [0.1, 0.15) is 18.2 Å². The maximum atomic E-state index is 13.1. The number of fused-ring (bicyclic) bond motifs is 3. The number of methoxy groups -OCH3 is 2. The summed E-state index contributed by atoms with van der Waals surface area (Å²) in [7, 11) is 3.27. The molecule has 36 heavy (non-hydrogen) atoms. The lowest BCUT2D eigenvalue weighted by Gasteiger charge is -2.29. The van der Waals surface area contributed by atoms with Crippen molar-refractivity contribution in [2.45, 2.75) is 32.7 Å². The van der Waals surface area contributed by atoms with E-state index in [1.165, 1.54) is 5.56 Å². The monoisotopic (exact) mass is 485 g/mol. The third-order valence-electron chi connectivity index (χ3n) is 6.75. The fourth-order valence-corrected chi connectivity index (χ4v) is 4.60. The molecule has 0 fully saturated rings. The number of nitrogens with zero attached hydrogens (tertiary/aromatic N) is 1. The zero-order chi connectivity index (χ0) is 25.2. The van der Waals surface area contributed by atoms with Crippen LogP contribution in [0.3, 0.4) is 0 Å². The number of carbonyl (C=O) groups is 1. The first-order valence-corrected chi connectivity index (χ1v) is 12.2. The van der Waals surface area contributed by atoms with Crippen LogP contribution in [0.5, 0.6) is 23.0 Å². The van der Waals surface area contributed by atoms with Crippen LogP contribution in [0.1, 0.15) is 52.4 Å². The van der Waals surface area contributed by atoms with Gasteiger partial charge in [0.15, 0.2) is 17.3 Å². The molecular weight excluding hydrogens is 454 g/mol. The van der Waals surface area contributed by atoms with E-state index in [1.807, 2.05) is 42.5 Å². The maximum absolute atomic E-state index is 13.1. The van der Waals surface area contributed by atoms with Crippen LogP contribution in [0.15, 0.2) is 60.4 Å². The first-order chi connectivity index (χ1) is 17.5. The lowest BCUT2D eigenvalue weighted by molar-refractivity contribution is 0.0949. The second-order valence-electron chi connectivity index (χ2n) is 9.45. The second kappa shape index (κ2) is 10.1. The minimum absolute atomic E-state index is 0.0943. The highest BCUT2D eigenvalue weighted by atomic mass is 16.5. The molecule has 0 bridgehead atoms. The Hall–Kier alpha value is -3.77. The number of ketones is 1. The minimum atomic E-state index is -0.0943.